The molecular weight excluding hydrogens is 382 g/mol. The summed E-state index contributed by atoms with van der Waals surface area (Å²) in [6, 6.07) is 7.63. The van der Waals surface area contributed by atoms with Gasteiger partial charge >= 0.3 is 6.01 Å². The normalized spacial score (nSPS) is 11.9. The van der Waals surface area contributed by atoms with E-state index in [1.54, 1.807) is 30.8 Å². The fourth-order valence-electron chi connectivity index (χ4n) is 2.37. The zero-order valence-corrected chi connectivity index (χ0v) is 16.8. The molecule has 0 spiro atoms. The molecule has 9 nitrogen and oxygen atoms in total. The number of hydrogen-bond acceptors (Lipinski definition) is 7. The molecule has 3 aromatic rings. The Balaban J connectivity index is 1.78. The molecule has 2 aromatic heterocycles. The number of nitrogens with one attached hydrogen (secondary N) is 1. The molecule has 3 rings (SSSR count). The van der Waals surface area contributed by atoms with E-state index in [1.807, 2.05) is 13.8 Å². The molecule has 28 heavy (non-hydrogen) atoms. The molecule has 1 N–H and O–H groups in total. The second-order valence-corrected chi connectivity index (χ2v) is 9.27. The quantitative estimate of drug-likeness (QED) is 0.672. The summed E-state index contributed by atoms with van der Waals surface area (Å²) < 4.78 is 31.8. The van der Waals surface area contributed by atoms with Crippen LogP contribution in [0.3, 0.4) is 0 Å². The highest BCUT2D eigenvalue weighted by Crippen LogP contribution is 2.21. The van der Waals surface area contributed by atoms with Gasteiger partial charge < -0.3 is 4.42 Å². The van der Waals surface area contributed by atoms with E-state index in [2.05, 4.69) is 20.6 Å². The van der Waals surface area contributed by atoms with Crippen LogP contribution in [0, 0.1) is 0 Å². The first-order valence-electron chi connectivity index (χ1n) is 8.73. The molecule has 1 amide bonds. The van der Waals surface area contributed by atoms with Crippen LogP contribution in [0.2, 0.25) is 0 Å². The summed E-state index contributed by atoms with van der Waals surface area (Å²) in [5.41, 5.74) is 0.664. The number of anilines is 1. The molecule has 0 atom stereocenters. The molecule has 0 bridgehead atoms. The van der Waals surface area contributed by atoms with E-state index in [0.717, 1.165) is 0 Å². The van der Waals surface area contributed by atoms with Gasteiger partial charge in [0.25, 0.3) is 11.8 Å². The van der Waals surface area contributed by atoms with Gasteiger partial charge in [0.15, 0.2) is 9.84 Å². The highest BCUT2D eigenvalue weighted by atomic mass is 32.2. The van der Waals surface area contributed by atoms with Gasteiger partial charge in [-0.05, 0) is 52.0 Å². The van der Waals surface area contributed by atoms with Crippen molar-refractivity contribution in [1.29, 1.82) is 0 Å². The first-order chi connectivity index (χ1) is 13.2. The Morgan fingerprint density at radius 3 is 2.54 bits per heavy atom. The molecule has 2 heterocycles. The highest BCUT2D eigenvalue weighted by molar-refractivity contribution is 7.92. The minimum absolute atomic E-state index is 0.0839. The number of sulfone groups is 1. The van der Waals surface area contributed by atoms with Crippen LogP contribution in [0.4, 0.5) is 6.01 Å². The Kier molecular flexibility index (Phi) is 5.32. The molecule has 0 saturated heterocycles. The number of aromatic nitrogens is 4. The summed E-state index contributed by atoms with van der Waals surface area (Å²) in [5.74, 6) is -0.380. The van der Waals surface area contributed by atoms with Gasteiger partial charge in [-0.15, -0.1) is 5.10 Å². The number of carbonyl (C=O) groups excluding carboxylic acids is 1. The van der Waals surface area contributed by atoms with Crippen LogP contribution >= 0.6 is 0 Å². The average Bonchev–Trinajstić information content (AvgIpc) is 3.31. The molecule has 0 aliphatic heterocycles. The fraction of sp³-hybridized carbons (Fsp3) is 0.333. The van der Waals surface area contributed by atoms with Gasteiger partial charge in [0.1, 0.15) is 5.69 Å². The summed E-state index contributed by atoms with van der Waals surface area (Å²) in [5, 5.41) is 13.9. The number of amides is 1. The molecular formula is C18H21N5O4S. The van der Waals surface area contributed by atoms with E-state index in [-0.39, 0.29) is 28.4 Å². The number of carbonyl (C=O) groups is 1. The molecule has 0 fully saturated rings. The van der Waals surface area contributed by atoms with E-state index in [4.69, 9.17) is 4.42 Å². The third kappa shape index (κ3) is 3.96. The summed E-state index contributed by atoms with van der Waals surface area (Å²) in [6.07, 6.45) is 1.79. The van der Waals surface area contributed by atoms with E-state index in [9.17, 15) is 13.2 Å². The Bertz CT molecular complexity index is 1100. The number of nitrogens with zero attached hydrogens (tertiary/aromatic N) is 4. The van der Waals surface area contributed by atoms with Crippen molar-refractivity contribution in [3.8, 4) is 11.6 Å². The molecule has 0 saturated carbocycles. The Labute approximate surface area is 162 Å². The molecule has 0 aliphatic carbocycles. The Morgan fingerprint density at radius 1 is 1.14 bits per heavy atom. The van der Waals surface area contributed by atoms with E-state index in [0.29, 0.717) is 5.69 Å². The summed E-state index contributed by atoms with van der Waals surface area (Å²) >= 11 is 0. The Hall–Kier alpha value is -3.01. The van der Waals surface area contributed by atoms with Gasteiger partial charge in [0.05, 0.1) is 10.1 Å². The Morgan fingerprint density at radius 2 is 1.89 bits per heavy atom. The molecule has 1 aromatic carbocycles. The summed E-state index contributed by atoms with van der Waals surface area (Å²) in [6.45, 7) is 7.15. The van der Waals surface area contributed by atoms with Gasteiger partial charge in [-0.2, -0.15) is 5.10 Å². The molecule has 0 radical (unpaired) electrons. The van der Waals surface area contributed by atoms with Crippen molar-refractivity contribution in [3.63, 3.8) is 0 Å². The number of benzene rings is 1. The first-order valence-corrected chi connectivity index (χ1v) is 10.3. The van der Waals surface area contributed by atoms with Crippen molar-refractivity contribution in [3.05, 3.63) is 42.1 Å². The maximum absolute atomic E-state index is 12.4. The molecule has 0 unspecified atom stereocenters. The van der Waals surface area contributed by atoms with E-state index < -0.39 is 21.0 Å². The van der Waals surface area contributed by atoms with Crippen LogP contribution in [0.5, 0.6) is 0 Å². The van der Waals surface area contributed by atoms with Crippen molar-refractivity contribution < 1.29 is 17.6 Å². The molecule has 10 heteroatoms. The maximum atomic E-state index is 12.4. The summed E-state index contributed by atoms with van der Waals surface area (Å²) in [7, 11) is -3.48. The van der Waals surface area contributed by atoms with Gasteiger partial charge in [-0.25, -0.2) is 8.42 Å². The molecule has 0 aliphatic rings. The van der Waals surface area contributed by atoms with Crippen LogP contribution in [0.1, 0.15) is 44.1 Å². The van der Waals surface area contributed by atoms with Crippen molar-refractivity contribution in [2.45, 2.75) is 43.9 Å². The third-order valence-electron chi connectivity index (χ3n) is 4.05. The third-order valence-corrected chi connectivity index (χ3v) is 6.20. The molecule has 148 valence electrons. The smallest absolute Gasteiger partial charge is 0.322 e. The van der Waals surface area contributed by atoms with Crippen molar-refractivity contribution in [1.82, 2.24) is 20.0 Å². The lowest BCUT2D eigenvalue weighted by Crippen LogP contribution is -2.16. The first kappa shape index (κ1) is 19.7. The maximum Gasteiger partial charge on any atom is 0.322 e. The van der Waals surface area contributed by atoms with Crippen molar-refractivity contribution in [2.75, 3.05) is 5.32 Å². The summed E-state index contributed by atoms with van der Waals surface area (Å²) in [4.78, 5) is 12.5. The second-order valence-electron chi connectivity index (χ2n) is 6.76. The van der Waals surface area contributed by atoms with Crippen LogP contribution in [0.15, 0.2) is 45.8 Å². The van der Waals surface area contributed by atoms with E-state index in [1.165, 1.54) is 24.3 Å². The minimum Gasteiger partial charge on any atom is -0.401 e. The fourth-order valence-corrected chi connectivity index (χ4v) is 3.48. The van der Waals surface area contributed by atoms with Crippen molar-refractivity contribution in [2.24, 2.45) is 0 Å². The zero-order chi connectivity index (χ0) is 20.5. The number of rotatable bonds is 6. The lowest BCUT2D eigenvalue weighted by atomic mass is 10.2. The zero-order valence-electron chi connectivity index (χ0n) is 15.9. The monoisotopic (exact) mass is 403 g/mol. The van der Waals surface area contributed by atoms with Crippen molar-refractivity contribution >= 4 is 21.8 Å². The van der Waals surface area contributed by atoms with Gasteiger partial charge in [0.2, 0.25) is 0 Å². The average molecular weight is 403 g/mol. The van der Waals surface area contributed by atoms with Crippen LogP contribution in [-0.2, 0) is 9.84 Å². The highest BCUT2D eigenvalue weighted by Gasteiger charge is 2.21. The largest absolute Gasteiger partial charge is 0.401 e. The predicted molar refractivity (Wildman–Crippen MR) is 103 cm³/mol. The van der Waals surface area contributed by atoms with Crippen LogP contribution < -0.4 is 5.32 Å². The minimum atomic E-state index is -3.48. The van der Waals surface area contributed by atoms with Crippen LogP contribution in [0.25, 0.3) is 11.6 Å². The standard InChI is InChI=1S/C18H21N5O4S/c1-11(2)23-9-8-15(22-23)17-20-21-18(27-17)19-16(24)13-6-5-7-14(10-13)28(25,26)12(3)4/h5-12H,1-4H3,(H,19,21,24). The lowest BCUT2D eigenvalue weighted by Gasteiger charge is -2.09. The van der Waals surface area contributed by atoms with Gasteiger partial charge in [0, 0.05) is 17.8 Å². The van der Waals surface area contributed by atoms with Crippen LogP contribution in [-0.4, -0.2) is 39.6 Å². The van der Waals surface area contributed by atoms with Gasteiger partial charge in [-0.3, -0.25) is 14.8 Å². The van der Waals surface area contributed by atoms with E-state index >= 15 is 0 Å². The predicted octanol–water partition coefficient (Wildman–Crippen LogP) is 2.95. The SMILES string of the molecule is CC(C)n1ccc(-c2nnc(NC(=O)c3cccc(S(=O)(=O)C(C)C)c3)o2)n1. The van der Waals surface area contributed by atoms with Gasteiger partial charge in [-0.1, -0.05) is 11.2 Å². The number of hydrogen-bond donors (Lipinski definition) is 1. The second kappa shape index (κ2) is 7.55. The lowest BCUT2D eigenvalue weighted by molar-refractivity contribution is 0.102. The topological polar surface area (TPSA) is 120 Å².